The van der Waals surface area contributed by atoms with Crippen molar-refractivity contribution in [2.75, 3.05) is 10.6 Å². The normalized spacial score (nSPS) is 14.9. The molecular weight excluding hydrogens is 366 g/mol. The summed E-state index contributed by atoms with van der Waals surface area (Å²) in [5.74, 6) is -0.587. The number of hydrogen-bond donors (Lipinski definition) is 2. The van der Waals surface area contributed by atoms with Crippen molar-refractivity contribution < 1.29 is 14.4 Å². The van der Waals surface area contributed by atoms with Crippen molar-refractivity contribution in [3.8, 4) is 0 Å². The van der Waals surface area contributed by atoms with Gasteiger partial charge in [-0.05, 0) is 42.8 Å². The number of nitrogens with zero attached hydrogens (tertiary/aromatic N) is 1. The summed E-state index contributed by atoms with van der Waals surface area (Å²) in [5, 5.41) is 5.62. The van der Waals surface area contributed by atoms with E-state index in [1.54, 1.807) is 42.5 Å². The van der Waals surface area contributed by atoms with E-state index in [2.05, 4.69) is 10.6 Å². The second-order valence-corrected chi connectivity index (χ2v) is 7.08. The summed E-state index contributed by atoms with van der Waals surface area (Å²) in [6.07, 6.45) is 0.654. The molecule has 2 aromatic carbocycles. The average Bonchev–Trinajstić information content (AvgIpc) is 3.31. The number of anilines is 2. The largest absolute Gasteiger partial charge is 0.341 e. The monoisotopic (exact) mass is 387 g/mol. The third-order valence-electron chi connectivity index (χ3n) is 5.07. The number of rotatable bonds is 5. The molecule has 0 spiro atoms. The first-order chi connectivity index (χ1) is 14.0. The predicted molar refractivity (Wildman–Crippen MR) is 111 cm³/mol. The quantitative estimate of drug-likeness (QED) is 0.654. The fraction of sp³-hybridized carbons (Fsp3) is 0.174. The number of benzene rings is 2. The SMILES string of the molecule is CC(=O)Nc1ccc(NC(=O)[C@@H]2CCn3c(C(=O)c4ccccc4)ccc32)cc1. The Balaban J connectivity index is 1.48. The average molecular weight is 387 g/mol. The topological polar surface area (TPSA) is 80.2 Å². The zero-order valence-corrected chi connectivity index (χ0v) is 16.0. The Bertz CT molecular complexity index is 1070. The zero-order chi connectivity index (χ0) is 20.4. The molecule has 0 bridgehead atoms. The smallest absolute Gasteiger partial charge is 0.233 e. The van der Waals surface area contributed by atoms with E-state index in [4.69, 9.17) is 0 Å². The van der Waals surface area contributed by atoms with Gasteiger partial charge in [-0.1, -0.05) is 30.3 Å². The Morgan fingerprint density at radius 3 is 2.17 bits per heavy atom. The molecule has 6 nitrogen and oxygen atoms in total. The maximum Gasteiger partial charge on any atom is 0.233 e. The van der Waals surface area contributed by atoms with E-state index in [0.29, 0.717) is 35.6 Å². The van der Waals surface area contributed by atoms with Crippen molar-refractivity contribution in [3.05, 3.63) is 83.7 Å². The van der Waals surface area contributed by atoms with Crippen LogP contribution in [0.2, 0.25) is 0 Å². The zero-order valence-electron chi connectivity index (χ0n) is 16.0. The summed E-state index contributed by atoms with van der Waals surface area (Å²) < 4.78 is 1.94. The molecule has 0 fully saturated rings. The van der Waals surface area contributed by atoms with Crippen LogP contribution in [0.4, 0.5) is 11.4 Å². The molecule has 3 aromatic rings. The van der Waals surface area contributed by atoms with E-state index in [9.17, 15) is 14.4 Å². The minimum Gasteiger partial charge on any atom is -0.341 e. The predicted octanol–water partition coefficient (Wildman–Crippen LogP) is 3.80. The summed E-state index contributed by atoms with van der Waals surface area (Å²) in [6, 6.07) is 19.8. The van der Waals surface area contributed by atoms with Crippen LogP contribution < -0.4 is 10.6 Å². The number of hydrogen-bond acceptors (Lipinski definition) is 3. The van der Waals surface area contributed by atoms with Crippen LogP contribution in [0.5, 0.6) is 0 Å². The van der Waals surface area contributed by atoms with Crippen molar-refractivity contribution >= 4 is 29.0 Å². The van der Waals surface area contributed by atoms with E-state index < -0.39 is 0 Å². The highest BCUT2D eigenvalue weighted by Gasteiger charge is 2.32. The lowest BCUT2D eigenvalue weighted by atomic mass is 10.0. The number of carbonyl (C=O) groups is 3. The van der Waals surface area contributed by atoms with Gasteiger partial charge in [0.2, 0.25) is 17.6 Å². The molecule has 1 atom stereocenters. The van der Waals surface area contributed by atoms with Crippen LogP contribution in [0.25, 0.3) is 0 Å². The number of ketones is 1. The van der Waals surface area contributed by atoms with Gasteiger partial charge in [0, 0.05) is 36.1 Å². The fourth-order valence-electron chi connectivity index (χ4n) is 3.71. The van der Waals surface area contributed by atoms with Crippen molar-refractivity contribution in [2.24, 2.45) is 0 Å². The molecule has 1 aromatic heterocycles. The maximum atomic E-state index is 12.8. The Kier molecular flexibility index (Phi) is 4.99. The lowest BCUT2D eigenvalue weighted by molar-refractivity contribution is -0.117. The summed E-state index contributed by atoms with van der Waals surface area (Å²) in [7, 11) is 0. The van der Waals surface area contributed by atoms with E-state index in [-0.39, 0.29) is 23.5 Å². The van der Waals surface area contributed by atoms with Crippen LogP contribution in [0.15, 0.2) is 66.7 Å². The molecule has 1 aliphatic rings. The third-order valence-corrected chi connectivity index (χ3v) is 5.07. The number of carbonyl (C=O) groups excluding carboxylic acids is 3. The maximum absolute atomic E-state index is 12.8. The number of nitrogens with one attached hydrogen (secondary N) is 2. The second kappa shape index (κ2) is 7.75. The van der Waals surface area contributed by atoms with E-state index in [0.717, 1.165) is 5.69 Å². The van der Waals surface area contributed by atoms with Crippen LogP contribution in [-0.4, -0.2) is 22.2 Å². The minimum atomic E-state index is -0.303. The molecule has 0 unspecified atom stereocenters. The lowest BCUT2D eigenvalue weighted by Gasteiger charge is -2.11. The number of amides is 2. The second-order valence-electron chi connectivity index (χ2n) is 7.08. The molecule has 2 heterocycles. The number of fused-ring (bicyclic) bond motifs is 1. The van der Waals surface area contributed by atoms with Gasteiger partial charge >= 0.3 is 0 Å². The van der Waals surface area contributed by atoms with Gasteiger partial charge in [0.15, 0.2) is 0 Å². The van der Waals surface area contributed by atoms with Gasteiger partial charge in [0.05, 0.1) is 11.6 Å². The van der Waals surface area contributed by atoms with Crippen molar-refractivity contribution in [3.63, 3.8) is 0 Å². The molecule has 0 radical (unpaired) electrons. The molecule has 29 heavy (non-hydrogen) atoms. The van der Waals surface area contributed by atoms with Crippen molar-refractivity contribution in [1.29, 1.82) is 0 Å². The van der Waals surface area contributed by atoms with E-state index >= 15 is 0 Å². The number of aromatic nitrogens is 1. The van der Waals surface area contributed by atoms with Crippen molar-refractivity contribution in [2.45, 2.75) is 25.8 Å². The minimum absolute atomic E-state index is 0.0357. The van der Waals surface area contributed by atoms with Crippen molar-refractivity contribution in [1.82, 2.24) is 4.57 Å². The fourth-order valence-corrected chi connectivity index (χ4v) is 3.71. The van der Waals surface area contributed by atoms with Gasteiger partial charge in [-0.3, -0.25) is 14.4 Å². The van der Waals surface area contributed by atoms with Gasteiger partial charge in [-0.15, -0.1) is 0 Å². The third kappa shape index (κ3) is 3.82. The molecule has 2 amide bonds. The Morgan fingerprint density at radius 1 is 0.862 bits per heavy atom. The molecule has 146 valence electrons. The van der Waals surface area contributed by atoms with Gasteiger partial charge in [0.25, 0.3) is 0 Å². The summed E-state index contributed by atoms with van der Waals surface area (Å²) >= 11 is 0. The highest BCUT2D eigenvalue weighted by molar-refractivity contribution is 6.08. The first kappa shape index (κ1) is 18.7. The summed E-state index contributed by atoms with van der Waals surface area (Å²) in [4.78, 5) is 36.7. The van der Waals surface area contributed by atoms with Crippen LogP contribution in [-0.2, 0) is 16.1 Å². The van der Waals surface area contributed by atoms with E-state index in [1.807, 2.05) is 28.8 Å². The van der Waals surface area contributed by atoms with Crippen LogP contribution in [0, 0.1) is 0 Å². The van der Waals surface area contributed by atoms with Gasteiger partial charge in [-0.2, -0.15) is 0 Å². The van der Waals surface area contributed by atoms with Gasteiger partial charge < -0.3 is 15.2 Å². The molecule has 0 saturated carbocycles. The van der Waals surface area contributed by atoms with E-state index in [1.165, 1.54) is 6.92 Å². The van der Waals surface area contributed by atoms with Crippen LogP contribution >= 0.6 is 0 Å². The molecule has 1 aliphatic heterocycles. The Labute approximate surface area is 168 Å². The molecular formula is C23H21N3O3. The highest BCUT2D eigenvalue weighted by Crippen LogP contribution is 2.32. The molecule has 0 saturated heterocycles. The molecule has 6 heteroatoms. The Hall–Kier alpha value is -3.67. The highest BCUT2D eigenvalue weighted by atomic mass is 16.2. The molecule has 4 rings (SSSR count). The molecule has 2 N–H and O–H groups in total. The molecule has 0 aliphatic carbocycles. The summed E-state index contributed by atoms with van der Waals surface area (Å²) in [6.45, 7) is 2.08. The van der Waals surface area contributed by atoms with Crippen LogP contribution in [0.1, 0.15) is 41.0 Å². The van der Waals surface area contributed by atoms with Gasteiger partial charge in [0.1, 0.15) is 0 Å². The van der Waals surface area contributed by atoms with Gasteiger partial charge in [-0.25, -0.2) is 0 Å². The standard InChI is InChI=1S/C23H21N3O3/c1-15(27)24-17-7-9-18(10-8-17)25-23(29)19-13-14-26-20(19)11-12-21(26)22(28)16-5-3-2-4-6-16/h2-12,19H,13-14H2,1H3,(H,24,27)(H,25,29)/t19-/m1/s1. The summed E-state index contributed by atoms with van der Waals surface area (Å²) in [5.41, 5.74) is 3.45. The first-order valence-corrected chi connectivity index (χ1v) is 9.50. The first-order valence-electron chi connectivity index (χ1n) is 9.50. The Morgan fingerprint density at radius 2 is 1.52 bits per heavy atom. The lowest BCUT2D eigenvalue weighted by Crippen LogP contribution is -2.19. The van der Waals surface area contributed by atoms with Crippen LogP contribution in [0.3, 0.4) is 0 Å².